The van der Waals surface area contributed by atoms with Gasteiger partial charge in [-0.15, -0.1) is 0 Å². The lowest BCUT2D eigenvalue weighted by molar-refractivity contribution is -0.148. The molecule has 0 aliphatic carbocycles. The maximum atomic E-state index is 14.0. The summed E-state index contributed by atoms with van der Waals surface area (Å²) in [5, 5.41) is 4.53. The van der Waals surface area contributed by atoms with E-state index in [1.807, 2.05) is 30.5 Å². The molecule has 6 rings (SSSR count). The Balaban J connectivity index is 1.30. The topological polar surface area (TPSA) is 92.9 Å². The quantitative estimate of drug-likeness (QED) is 0.189. The van der Waals surface area contributed by atoms with Crippen molar-refractivity contribution < 1.29 is 23.8 Å². The summed E-state index contributed by atoms with van der Waals surface area (Å²) in [6, 6.07) is 16.4. The van der Waals surface area contributed by atoms with E-state index in [1.54, 1.807) is 21.3 Å². The van der Waals surface area contributed by atoms with Crippen LogP contribution in [0.3, 0.4) is 0 Å². The van der Waals surface area contributed by atoms with E-state index in [9.17, 15) is 9.59 Å². The zero-order chi connectivity index (χ0) is 30.2. The van der Waals surface area contributed by atoms with Crippen LogP contribution in [0.1, 0.15) is 47.8 Å². The summed E-state index contributed by atoms with van der Waals surface area (Å²) in [5.74, 6) is 1.35. The van der Waals surface area contributed by atoms with E-state index in [0.717, 1.165) is 44.3 Å². The Labute approximate surface area is 278 Å². The lowest BCUT2D eigenvalue weighted by Crippen LogP contribution is -2.44. The van der Waals surface area contributed by atoms with Crippen LogP contribution < -0.4 is 19.5 Å². The van der Waals surface area contributed by atoms with Gasteiger partial charge in [0.05, 0.1) is 21.3 Å². The first-order valence-electron chi connectivity index (χ1n) is 14.2. The van der Waals surface area contributed by atoms with E-state index in [4.69, 9.17) is 14.2 Å². The highest BCUT2D eigenvalue weighted by Gasteiger charge is 2.38. The van der Waals surface area contributed by atoms with Gasteiger partial charge in [-0.3, -0.25) is 14.5 Å². The van der Waals surface area contributed by atoms with Gasteiger partial charge < -0.3 is 24.5 Å². The Bertz CT molecular complexity index is 1680. The van der Waals surface area contributed by atoms with Crippen molar-refractivity contribution in [1.29, 1.82) is 0 Å². The van der Waals surface area contributed by atoms with Crippen molar-refractivity contribution >= 4 is 73.6 Å². The normalized spacial score (nSPS) is 18.7. The molecule has 0 saturated carbocycles. The second-order valence-corrected chi connectivity index (χ2v) is 13.6. The van der Waals surface area contributed by atoms with Crippen molar-refractivity contribution in [3.8, 4) is 17.2 Å². The Morgan fingerprint density at radius 3 is 2.42 bits per heavy atom. The van der Waals surface area contributed by atoms with Crippen molar-refractivity contribution in [2.75, 3.05) is 39.7 Å². The second kappa shape index (κ2) is 12.5. The van der Waals surface area contributed by atoms with Gasteiger partial charge in [-0.25, -0.2) is 0 Å². The average Bonchev–Trinajstić information content (AvgIpc) is 3.62. The third-order valence-corrected chi connectivity index (χ3v) is 10.1. The van der Waals surface area contributed by atoms with Crippen LogP contribution in [0.4, 0.5) is 5.69 Å². The molecule has 2 aliphatic heterocycles. The van der Waals surface area contributed by atoms with Crippen molar-refractivity contribution in [2.24, 2.45) is 5.92 Å². The number of methoxy groups -OCH3 is 3. The molecule has 3 heterocycles. The number of benzene rings is 3. The first kappa shape index (κ1) is 30.0. The van der Waals surface area contributed by atoms with Gasteiger partial charge in [0.15, 0.2) is 11.5 Å². The van der Waals surface area contributed by atoms with Crippen LogP contribution in [-0.4, -0.2) is 56.1 Å². The van der Waals surface area contributed by atoms with Crippen LogP contribution in [0.25, 0.3) is 10.9 Å². The molecule has 3 unspecified atom stereocenters. The zero-order valence-corrected chi connectivity index (χ0v) is 28.5. The molecule has 8 nitrogen and oxygen atoms in total. The summed E-state index contributed by atoms with van der Waals surface area (Å²) in [5.41, 5.74) is 5.23. The molecule has 3 aromatic carbocycles. The third kappa shape index (κ3) is 5.79. The predicted molar refractivity (Wildman–Crippen MR) is 183 cm³/mol. The number of piperidine rings is 1. The number of rotatable bonds is 8. The number of H-pyrrole nitrogens is 1. The minimum Gasteiger partial charge on any atom is -0.493 e. The summed E-state index contributed by atoms with van der Waals surface area (Å²) in [6.45, 7) is 1.25. The first-order chi connectivity index (χ1) is 20.8. The lowest BCUT2D eigenvalue weighted by Gasteiger charge is -2.34. The van der Waals surface area contributed by atoms with Gasteiger partial charge >= 0.3 is 0 Å². The van der Waals surface area contributed by atoms with Crippen LogP contribution >= 0.6 is 45.2 Å². The van der Waals surface area contributed by atoms with E-state index >= 15 is 0 Å². The Morgan fingerprint density at radius 1 is 1.00 bits per heavy atom. The number of nitrogens with zero attached hydrogens (tertiary/aromatic N) is 1. The molecule has 43 heavy (non-hydrogen) atoms. The Hall–Kier alpha value is -3.00. The number of anilines is 1. The molecular weight excluding hydrogens is 772 g/mol. The Morgan fingerprint density at radius 2 is 1.72 bits per heavy atom. The van der Waals surface area contributed by atoms with E-state index < -0.39 is 0 Å². The lowest BCUT2D eigenvalue weighted by atomic mass is 9.80. The summed E-state index contributed by atoms with van der Waals surface area (Å²) in [4.78, 5) is 32.4. The van der Waals surface area contributed by atoms with Gasteiger partial charge in [0.25, 0.3) is 0 Å². The zero-order valence-electron chi connectivity index (χ0n) is 24.2. The number of ether oxygens (including phenoxy) is 3. The average molecular weight is 805 g/mol. The molecule has 1 fully saturated rings. The number of nitrogens with one attached hydrogen (secondary N) is 2. The highest BCUT2D eigenvalue weighted by Crippen LogP contribution is 2.45. The summed E-state index contributed by atoms with van der Waals surface area (Å²) in [7, 11) is 4.73. The van der Waals surface area contributed by atoms with Gasteiger partial charge in [-0.2, -0.15) is 0 Å². The molecule has 0 bridgehead atoms. The minimum absolute atomic E-state index is 0.0996. The standard InChI is InChI=1S/C33H33I2N3O5/c1-41-29-10-19(11-30(42-2)33(29)43-3)22(26-17-37-28-7-5-21(35)14-24(26)28)15-32(40)38-9-8-18(12-31(38)39)25-16-36-27-6-4-20(34)13-23(25)27/h4-7,10-11,13-14,17-18,22,25,36-37H,8-9,12,15-16H2,1-3H3. The number of hydrogen-bond donors (Lipinski definition) is 2. The molecule has 4 aromatic rings. The van der Waals surface area contributed by atoms with Crippen LogP contribution in [0.2, 0.25) is 0 Å². The number of halogens is 2. The number of aromatic nitrogens is 1. The fourth-order valence-corrected chi connectivity index (χ4v) is 7.62. The van der Waals surface area contributed by atoms with Crippen molar-refractivity contribution in [3.63, 3.8) is 0 Å². The van der Waals surface area contributed by atoms with Crippen molar-refractivity contribution in [1.82, 2.24) is 9.88 Å². The fourth-order valence-electron chi connectivity index (χ4n) is 6.61. The number of carbonyl (C=O) groups excluding carboxylic acids is 2. The molecule has 2 amide bonds. The van der Waals surface area contributed by atoms with Gasteiger partial charge in [0.1, 0.15) is 0 Å². The first-order valence-corrected chi connectivity index (χ1v) is 16.4. The number of aromatic amines is 1. The molecular formula is C33H33I2N3O5. The monoisotopic (exact) mass is 805 g/mol. The predicted octanol–water partition coefficient (Wildman–Crippen LogP) is 6.90. The van der Waals surface area contributed by atoms with Gasteiger partial charge in [0, 0.05) is 67.7 Å². The molecule has 0 spiro atoms. The summed E-state index contributed by atoms with van der Waals surface area (Å²) in [6.07, 6.45) is 3.24. The molecule has 224 valence electrons. The second-order valence-electron chi connectivity index (χ2n) is 11.1. The summed E-state index contributed by atoms with van der Waals surface area (Å²) >= 11 is 4.64. The van der Waals surface area contributed by atoms with Gasteiger partial charge in [-0.1, -0.05) is 0 Å². The minimum atomic E-state index is -0.355. The Kier molecular flexibility index (Phi) is 8.77. The number of imide groups is 1. The van der Waals surface area contributed by atoms with Gasteiger partial charge in [-0.05, 0) is 123 Å². The van der Waals surface area contributed by atoms with Crippen LogP contribution in [0, 0.1) is 13.1 Å². The SMILES string of the molecule is COc1cc(C(CC(=O)N2CCC(C3CNc4ccc(I)cc43)CC2=O)c2c[nH]c3ccc(I)cc23)cc(OC)c1OC. The van der Waals surface area contributed by atoms with E-state index in [2.05, 4.69) is 79.7 Å². The molecule has 3 atom stereocenters. The van der Waals surface area contributed by atoms with Crippen LogP contribution in [0.15, 0.2) is 54.7 Å². The highest BCUT2D eigenvalue weighted by atomic mass is 127. The van der Waals surface area contributed by atoms with Crippen molar-refractivity contribution in [2.45, 2.75) is 31.1 Å². The van der Waals surface area contributed by atoms with E-state index in [-0.39, 0.29) is 36.0 Å². The van der Waals surface area contributed by atoms with Crippen molar-refractivity contribution in [3.05, 3.63) is 78.6 Å². The summed E-state index contributed by atoms with van der Waals surface area (Å²) < 4.78 is 19.2. The number of hydrogen-bond acceptors (Lipinski definition) is 6. The number of likely N-dealkylation sites (tertiary alicyclic amines) is 1. The molecule has 1 saturated heterocycles. The molecule has 10 heteroatoms. The number of amides is 2. The largest absolute Gasteiger partial charge is 0.493 e. The van der Waals surface area contributed by atoms with E-state index in [1.165, 1.54) is 14.0 Å². The number of fused-ring (bicyclic) bond motifs is 2. The maximum absolute atomic E-state index is 14.0. The molecule has 2 aliphatic rings. The van der Waals surface area contributed by atoms with Crippen LogP contribution in [0.5, 0.6) is 17.2 Å². The molecule has 1 aromatic heterocycles. The van der Waals surface area contributed by atoms with Gasteiger partial charge in [0.2, 0.25) is 17.6 Å². The fraction of sp³-hybridized carbons (Fsp3) is 0.333. The third-order valence-electron chi connectivity index (χ3n) is 8.78. The smallest absolute Gasteiger partial charge is 0.230 e. The molecule has 2 N–H and O–H groups in total. The maximum Gasteiger partial charge on any atom is 0.230 e. The number of carbonyl (C=O) groups is 2. The van der Waals surface area contributed by atoms with E-state index in [0.29, 0.717) is 30.2 Å². The molecule has 0 radical (unpaired) electrons. The van der Waals surface area contributed by atoms with Crippen LogP contribution in [-0.2, 0) is 9.59 Å². The highest BCUT2D eigenvalue weighted by molar-refractivity contribution is 14.1.